The highest BCUT2D eigenvalue weighted by Crippen LogP contribution is 1.73. The number of aliphatic hydroxyl groups excluding tert-OH is 1. The van der Waals surface area contributed by atoms with Crippen molar-refractivity contribution < 1.29 is 5.11 Å². The lowest BCUT2D eigenvalue weighted by Crippen LogP contribution is -2.37. The molecule has 0 aromatic heterocycles. The van der Waals surface area contributed by atoms with E-state index in [0.717, 1.165) is 6.42 Å². The van der Waals surface area contributed by atoms with E-state index in [0.29, 0.717) is 6.54 Å². The minimum absolute atomic E-state index is 0.682. The third kappa shape index (κ3) is 5.62. The molecular weight excluding hydrogens is 104 g/mol. The number of nitrogens with one attached hydrogen (secondary N) is 1. The van der Waals surface area contributed by atoms with Crippen LogP contribution in [0.3, 0.4) is 0 Å². The Labute approximate surface area is 49.2 Å². The van der Waals surface area contributed by atoms with Crippen LogP contribution < -0.4 is 11.1 Å². The molecule has 1 unspecified atom stereocenters. The Bertz CT molecular complexity index is 63.4. The smallest absolute Gasteiger partial charge is 0.157 e. The Morgan fingerprint density at radius 2 is 2.50 bits per heavy atom. The summed E-state index contributed by atoms with van der Waals surface area (Å²) in [6, 6.07) is 0. The molecule has 0 saturated heterocycles. The van der Waals surface area contributed by atoms with Crippen LogP contribution >= 0.6 is 0 Å². The summed E-state index contributed by atoms with van der Waals surface area (Å²) in [6.45, 7) is 4.18. The largest absolute Gasteiger partial charge is 0.366 e. The van der Waals surface area contributed by atoms with Gasteiger partial charge in [0.25, 0.3) is 0 Å². The number of hydrogen-bond donors (Lipinski definition) is 3. The van der Waals surface area contributed by atoms with Crippen LogP contribution in [0, 0.1) is 0 Å². The summed E-state index contributed by atoms with van der Waals surface area (Å²) >= 11 is 0. The van der Waals surface area contributed by atoms with Gasteiger partial charge in [-0.25, -0.2) is 0 Å². The summed E-state index contributed by atoms with van der Waals surface area (Å²) < 4.78 is 0. The van der Waals surface area contributed by atoms with Crippen LogP contribution in [0.5, 0.6) is 0 Å². The molecule has 0 aliphatic carbocycles. The van der Waals surface area contributed by atoms with Crippen LogP contribution in [0.4, 0.5) is 0 Å². The van der Waals surface area contributed by atoms with Crippen molar-refractivity contribution in [1.82, 2.24) is 5.32 Å². The molecule has 8 heavy (non-hydrogen) atoms. The second kappa shape index (κ2) is 4.77. The van der Waals surface area contributed by atoms with E-state index in [4.69, 9.17) is 10.8 Å². The minimum Gasteiger partial charge on any atom is -0.366 e. The van der Waals surface area contributed by atoms with Crippen molar-refractivity contribution in [3.05, 3.63) is 12.7 Å². The Morgan fingerprint density at radius 3 is 2.88 bits per heavy atom. The van der Waals surface area contributed by atoms with Crippen molar-refractivity contribution in [3.63, 3.8) is 0 Å². The topological polar surface area (TPSA) is 58.3 Å². The summed E-state index contributed by atoms with van der Waals surface area (Å²) in [5.41, 5.74) is 4.94. The van der Waals surface area contributed by atoms with Gasteiger partial charge in [-0.3, -0.25) is 11.1 Å². The first-order valence-corrected chi connectivity index (χ1v) is 2.55. The van der Waals surface area contributed by atoms with Gasteiger partial charge >= 0.3 is 0 Å². The predicted octanol–water partition coefficient (Wildman–Crippen LogP) is -0.613. The van der Waals surface area contributed by atoms with Crippen LogP contribution in [0.15, 0.2) is 12.7 Å². The van der Waals surface area contributed by atoms with Gasteiger partial charge in [0.05, 0.1) is 0 Å². The van der Waals surface area contributed by atoms with E-state index in [1.165, 1.54) is 0 Å². The maximum absolute atomic E-state index is 8.41. The zero-order valence-electron chi connectivity index (χ0n) is 4.80. The fraction of sp³-hybridized carbons (Fsp3) is 0.600. The van der Waals surface area contributed by atoms with Crippen LogP contribution in [-0.4, -0.2) is 18.0 Å². The van der Waals surface area contributed by atoms with Crippen molar-refractivity contribution in [3.8, 4) is 0 Å². The standard InChI is InChI=1S/C5H12N2O/c1-2-3-4-7-5(6)8/h2,5,7-8H,1,3-4,6H2. The third-order valence-corrected chi connectivity index (χ3v) is 0.702. The number of nitrogens with two attached hydrogens (primary N) is 1. The maximum Gasteiger partial charge on any atom is 0.157 e. The Balaban J connectivity index is 2.81. The van der Waals surface area contributed by atoms with E-state index in [2.05, 4.69) is 11.9 Å². The number of hydrogen-bond acceptors (Lipinski definition) is 3. The molecule has 1 atom stereocenters. The molecule has 0 rings (SSSR count). The fourth-order valence-electron chi connectivity index (χ4n) is 0.333. The molecule has 4 N–H and O–H groups in total. The van der Waals surface area contributed by atoms with Gasteiger partial charge in [-0.1, -0.05) is 6.08 Å². The minimum atomic E-state index is -0.894. The Hall–Kier alpha value is -0.380. The first kappa shape index (κ1) is 7.62. The van der Waals surface area contributed by atoms with Crippen molar-refractivity contribution >= 4 is 0 Å². The normalized spacial score (nSPS) is 13.2. The average Bonchev–Trinajstić information content (AvgIpc) is 1.66. The Kier molecular flexibility index (Phi) is 4.54. The summed E-state index contributed by atoms with van der Waals surface area (Å²) in [5.74, 6) is 0. The van der Waals surface area contributed by atoms with E-state index in [9.17, 15) is 0 Å². The van der Waals surface area contributed by atoms with E-state index in [-0.39, 0.29) is 0 Å². The van der Waals surface area contributed by atoms with Gasteiger partial charge in [-0.05, 0) is 6.42 Å². The highest BCUT2D eigenvalue weighted by atomic mass is 16.3. The molecule has 0 spiro atoms. The number of aliphatic hydroxyl groups is 1. The molecule has 0 aliphatic rings. The second-order valence-electron chi connectivity index (χ2n) is 1.48. The van der Waals surface area contributed by atoms with Gasteiger partial charge < -0.3 is 5.11 Å². The molecule has 0 bridgehead atoms. The van der Waals surface area contributed by atoms with Crippen molar-refractivity contribution in [1.29, 1.82) is 0 Å². The number of rotatable bonds is 4. The SMILES string of the molecule is C=CCCNC(N)O. The zero-order chi connectivity index (χ0) is 6.41. The van der Waals surface area contributed by atoms with Crippen LogP contribution in [0.2, 0.25) is 0 Å². The summed E-state index contributed by atoms with van der Waals surface area (Å²) in [6.07, 6.45) is 1.69. The molecule has 0 aliphatic heterocycles. The highest BCUT2D eigenvalue weighted by molar-refractivity contribution is 4.67. The van der Waals surface area contributed by atoms with Gasteiger partial charge in [-0.15, -0.1) is 6.58 Å². The average molecular weight is 116 g/mol. The second-order valence-corrected chi connectivity index (χ2v) is 1.48. The fourth-order valence-corrected chi connectivity index (χ4v) is 0.333. The summed E-state index contributed by atoms with van der Waals surface area (Å²) in [5, 5.41) is 11.0. The van der Waals surface area contributed by atoms with Crippen LogP contribution in [0.25, 0.3) is 0 Å². The first-order valence-electron chi connectivity index (χ1n) is 2.55. The van der Waals surface area contributed by atoms with Gasteiger partial charge in [0.15, 0.2) is 6.35 Å². The molecule has 3 nitrogen and oxygen atoms in total. The van der Waals surface area contributed by atoms with Gasteiger partial charge in [-0.2, -0.15) is 0 Å². The van der Waals surface area contributed by atoms with Gasteiger partial charge in [0.1, 0.15) is 0 Å². The van der Waals surface area contributed by atoms with E-state index in [1.807, 2.05) is 0 Å². The highest BCUT2D eigenvalue weighted by Gasteiger charge is 1.87. The molecule has 0 fully saturated rings. The summed E-state index contributed by atoms with van der Waals surface area (Å²) in [7, 11) is 0. The van der Waals surface area contributed by atoms with Crippen molar-refractivity contribution in [2.45, 2.75) is 12.8 Å². The van der Waals surface area contributed by atoms with E-state index in [1.54, 1.807) is 6.08 Å². The zero-order valence-corrected chi connectivity index (χ0v) is 4.80. The lowest BCUT2D eigenvalue weighted by Gasteiger charge is -2.03. The van der Waals surface area contributed by atoms with Crippen molar-refractivity contribution in [2.24, 2.45) is 5.73 Å². The van der Waals surface area contributed by atoms with Crippen LogP contribution in [0.1, 0.15) is 6.42 Å². The molecule has 3 heteroatoms. The first-order chi connectivity index (χ1) is 3.77. The molecule has 0 radical (unpaired) electrons. The molecule has 0 amide bonds. The van der Waals surface area contributed by atoms with Crippen LogP contribution in [-0.2, 0) is 0 Å². The maximum atomic E-state index is 8.41. The molecule has 0 saturated carbocycles. The van der Waals surface area contributed by atoms with Gasteiger partial charge in [0, 0.05) is 6.54 Å². The van der Waals surface area contributed by atoms with Crippen molar-refractivity contribution in [2.75, 3.05) is 6.54 Å². The third-order valence-electron chi connectivity index (χ3n) is 0.702. The monoisotopic (exact) mass is 116 g/mol. The van der Waals surface area contributed by atoms with E-state index >= 15 is 0 Å². The molecule has 48 valence electrons. The Morgan fingerprint density at radius 1 is 1.88 bits per heavy atom. The summed E-state index contributed by atoms with van der Waals surface area (Å²) in [4.78, 5) is 0. The molecule has 0 aromatic carbocycles. The molecule has 0 heterocycles. The molecule has 0 aromatic rings. The lowest BCUT2D eigenvalue weighted by atomic mass is 10.4. The lowest BCUT2D eigenvalue weighted by molar-refractivity contribution is 0.145. The van der Waals surface area contributed by atoms with Gasteiger partial charge in [0.2, 0.25) is 0 Å². The van der Waals surface area contributed by atoms with E-state index < -0.39 is 6.35 Å². The molecular formula is C5H12N2O. The predicted molar refractivity (Wildman–Crippen MR) is 33.0 cm³/mol. The quantitative estimate of drug-likeness (QED) is 0.261.